The molecule has 0 saturated carbocycles. The molecule has 1 aromatic heterocycles. The Hall–Kier alpha value is -2.08. The summed E-state index contributed by atoms with van der Waals surface area (Å²) >= 11 is 3.39. The number of rotatable bonds is 4. The van der Waals surface area contributed by atoms with Gasteiger partial charge >= 0.3 is 0 Å². The SMILES string of the molecule is O=C(COc1cccc(Br)c1)N1CCN(c2cccc[nH+]2)CC1. The first-order valence-electron chi connectivity index (χ1n) is 7.60. The van der Waals surface area contributed by atoms with E-state index in [9.17, 15) is 4.79 Å². The number of anilines is 1. The number of ether oxygens (including phenoxy) is 1. The Kier molecular flexibility index (Phi) is 5.12. The van der Waals surface area contributed by atoms with Crippen molar-refractivity contribution in [3.05, 3.63) is 53.1 Å². The van der Waals surface area contributed by atoms with Crippen molar-refractivity contribution in [2.45, 2.75) is 0 Å². The fourth-order valence-corrected chi connectivity index (χ4v) is 2.95. The Morgan fingerprint density at radius 3 is 2.65 bits per heavy atom. The van der Waals surface area contributed by atoms with Crippen LogP contribution >= 0.6 is 15.9 Å². The Balaban J connectivity index is 1.48. The van der Waals surface area contributed by atoms with Gasteiger partial charge in [-0.05, 0) is 24.3 Å². The second-order valence-corrected chi connectivity index (χ2v) is 6.28. The lowest BCUT2D eigenvalue weighted by atomic mass is 10.3. The number of hydrogen-bond acceptors (Lipinski definition) is 3. The van der Waals surface area contributed by atoms with E-state index in [1.165, 1.54) is 0 Å². The van der Waals surface area contributed by atoms with Crippen LogP contribution in [0.4, 0.5) is 5.82 Å². The molecular formula is C17H19BrN3O2+. The molecule has 1 aliphatic heterocycles. The molecule has 0 spiro atoms. The number of aromatic amines is 1. The van der Waals surface area contributed by atoms with Crippen LogP contribution in [0.3, 0.4) is 0 Å². The maximum Gasteiger partial charge on any atom is 0.274 e. The first kappa shape index (κ1) is 15.8. The predicted octanol–water partition coefficient (Wildman–Crippen LogP) is 1.99. The third kappa shape index (κ3) is 4.22. The second kappa shape index (κ2) is 7.46. The molecule has 1 saturated heterocycles. The number of amides is 1. The van der Waals surface area contributed by atoms with Crippen LogP contribution in [-0.2, 0) is 4.79 Å². The molecule has 6 heteroatoms. The lowest BCUT2D eigenvalue weighted by Crippen LogP contribution is -2.51. The minimum Gasteiger partial charge on any atom is -0.484 e. The summed E-state index contributed by atoms with van der Waals surface area (Å²) in [5.41, 5.74) is 0. The van der Waals surface area contributed by atoms with Crippen molar-refractivity contribution in [2.75, 3.05) is 37.7 Å². The first-order valence-corrected chi connectivity index (χ1v) is 8.39. The molecule has 23 heavy (non-hydrogen) atoms. The molecule has 1 aromatic carbocycles. The zero-order chi connectivity index (χ0) is 16.1. The average Bonchev–Trinajstić information content (AvgIpc) is 2.61. The fraction of sp³-hybridized carbons (Fsp3) is 0.294. The summed E-state index contributed by atoms with van der Waals surface area (Å²) in [4.78, 5) is 19.6. The van der Waals surface area contributed by atoms with Crippen LogP contribution in [0.1, 0.15) is 0 Å². The van der Waals surface area contributed by atoms with Crippen LogP contribution in [0.2, 0.25) is 0 Å². The molecule has 5 nitrogen and oxygen atoms in total. The summed E-state index contributed by atoms with van der Waals surface area (Å²) in [6.45, 7) is 3.15. The van der Waals surface area contributed by atoms with Gasteiger partial charge in [-0.25, -0.2) is 4.98 Å². The van der Waals surface area contributed by atoms with E-state index in [-0.39, 0.29) is 12.5 Å². The molecule has 0 radical (unpaired) electrons. The van der Waals surface area contributed by atoms with Crippen LogP contribution in [0.15, 0.2) is 53.1 Å². The molecule has 120 valence electrons. The van der Waals surface area contributed by atoms with Crippen LogP contribution in [0.5, 0.6) is 5.75 Å². The molecule has 0 unspecified atom stereocenters. The van der Waals surface area contributed by atoms with E-state index in [2.05, 4.69) is 25.8 Å². The highest BCUT2D eigenvalue weighted by Gasteiger charge is 2.26. The number of carbonyl (C=O) groups is 1. The molecule has 2 aromatic rings. The zero-order valence-electron chi connectivity index (χ0n) is 12.7. The minimum atomic E-state index is 0.0293. The monoisotopic (exact) mass is 376 g/mol. The van der Waals surface area contributed by atoms with Gasteiger partial charge in [0.15, 0.2) is 6.61 Å². The summed E-state index contributed by atoms with van der Waals surface area (Å²) in [5.74, 6) is 1.82. The quantitative estimate of drug-likeness (QED) is 0.819. The lowest BCUT2D eigenvalue weighted by molar-refractivity contribution is -0.364. The third-order valence-corrected chi connectivity index (χ3v) is 4.32. The number of nitrogens with zero attached hydrogens (tertiary/aromatic N) is 2. The number of carbonyl (C=O) groups excluding carboxylic acids is 1. The number of H-pyrrole nitrogens is 1. The van der Waals surface area contributed by atoms with Crippen molar-refractivity contribution in [3.63, 3.8) is 0 Å². The van der Waals surface area contributed by atoms with Gasteiger partial charge in [0.25, 0.3) is 11.7 Å². The minimum absolute atomic E-state index is 0.0293. The summed E-state index contributed by atoms with van der Waals surface area (Å²) in [6.07, 6.45) is 1.92. The number of pyridine rings is 1. The second-order valence-electron chi connectivity index (χ2n) is 5.36. The number of aromatic nitrogens is 1. The van der Waals surface area contributed by atoms with E-state index < -0.39 is 0 Å². The van der Waals surface area contributed by atoms with Crippen LogP contribution in [-0.4, -0.2) is 43.6 Å². The largest absolute Gasteiger partial charge is 0.484 e. The van der Waals surface area contributed by atoms with Gasteiger partial charge in [-0.3, -0.25) is 9.69 Å². The van der Waals surface area contributed by atoms with Crippen LogP contribution in [0, 0.1) is 0 Å². The Morgan fingerprint density at radius 1 is 1.13 bits per heavy atom. The predicted molar refractivity (Wildman–Crippen MR) is 91.4 cm³/mol. The summed E-state index contributed by atoms with van der Waals surface area (Å²) in [6, 6.07) is 13.5. The molecular weight excluding hydrogens is 358 g/mol. The molecule has 0 bridgehead atoms. The highest BCUT2D eigenvalue weighted by atomic mass is 79.9. The molecule has 2 heterocycles. The molecule has 1 fully saturated rings. The van der Waals surface area contributed by atoms with Gasteiger partial charge in [0.05, 0.1) is 19.3 Å². The summed E-state index contributed by atoms with van der Waals surface area (Å²) in [7, 11) is 0. The van der Waals surface area contributed by atoms with Crippen molar-refractivity contribution in [2.24, 2.45) is 0 Å². The average molecular weight is 377 g/mol. The van der Waals surface area contributed by atoms with E-state index in [1.807, 2.05) is 53.6 Å². The van der Waals surface area contributed by atoms with Gasteiger partial charge in [0.1, 0.15) is 18.8 Å². The van der Waals surface area contributed by atoms with E-state index in [1.54, 1.807) is 0 Å². The van der Waals surface area contributed by atoms with Crippen LogP contribution < -0.4 is 14.6 Å². The van der Waals surface area contributed by atoms with Crippen molar-refractivity contribution < 1.29 is 14.5 Å². The number of hydrogen-bond donors (Lipinski definition) is 0. The highest BCUT2D eigenvalue weighted by molar-refractivity contribution is 9.10. The molecule has 0 atom stereocenters. The molecule has 1 aliphatic rings. The highest BCUT2D eigenvalue weighted by Crippen LogP contribution is 2.18. The number of benzene rings is 1. The Labute approximate surface area is 144 Å². The van der Waals surface area contributed by atoms with E-state index in [0.717, 1.165) is 23.4 Å². The Bertz CT molecular complexity index is 658. The van der Waals surface area contributed by atoms with Gasteiger partial charge in [-0.15, -0.1) is 0 Å². The van der Waals surface area contributed by atoms with Gasteiger partial charge in [0, 0.05) is 10.5 Å². The third-order valence-electron chi connectivity index (χ3n) is 3.82. The standard InChI is InChI=1S/C17H18BrN3O2/c18-14-4-3-5-15(12-14)23-13-17(22)21-10-8-20(9-11-21)16-6-1-2-7-19-16/h1-7,12H,8-11,13H2/p+1. The van der Waals surface area contributed by atoms with Crippen molar-refractivity contribution in [1.29, 1.82) is 0 Å². The van der Waals surface area contributed by atoms with Crippen molar-refractivity contribution >= 4 is 27.7 Å². The number of piperazine rings is 1. The first-order chi connectivity index (χ1) is 11.2. The Morgan fingerprint density at radius 2 is 1.96 bits per heavy atom. The van der Waals surface area contributed by atoms with E-state index in [0.29, 0.717) is 18.8 Å². The maximum absolute atomic E-state index is 12.3. The van der Waals surface area contributed by atoms with Gasteiger partial charge < -0.3 is 9.64 Å². The zero-order valence-corrected chi connectivity index (χ0v) is 14.3. The number of nitrogens with one attached hydrogen (secondary N) is 1. The summed E-state index contributed by atoms with van der Waals surface area (Å²) < 4.78 is 6.51. The topological polar surface area (TPSA) is 46.9 Å². The van der Waals surface area contributed by atoms with Crippen molar-refractivity contribution in [1.82, 2.24) is 4.90 Å². The van der Waals surface area contributed by atoms with Crippen molar-refractivity contribution in [3.8, 4) is 5.75 Å². The van der Waals surface area contributed by atoms with E-state index >= 15 is 0 Å². The molecule has 1 N–H and O–H groups in total. The van der Waals surface area contributed by atoms with E-state index in [4.69, 9.17) is 4.74 Å². The molecule has 3 rings (SSSR count). The normalized spacial score (nSPS) is 14.7. The van der Waals surface area contributed by atoms with Gasteiger partial charge in [-0.1, -0.05) is 28.1 Å². The van der Waals surface area contributed by atoms with Gasteiger partial charge in [-0.2, -0.15) is 0 Å². The molecule has 0 aliphatic carbocycles. The van der Waals surface area contributed by atoms with Gasteiger partial charge in [0.2, 0.25) is 0 Å². The molecule has 1 amide bonds. The maximum atomic E-state index is 12.3. The fourth-order valence-electron chi connectivity index (χ4n) is 2.57. The van der Waals surface area contributed by atoms with Crippen LogP contribution in [0.25, 0.3) is 0 Å². The number of halogens is 1. The lowest BCUT2D eigenvalue weighted by Gasteiger charge is -2.30. The smallest absolute Gasteiger partial charge is 0.274 e. The summed E-state index contributed by atoms with van der Waals surface area (Å²) in [5, 5.41) is 0.